The molecule has 0 saturated heterocycles. The molecule has 8 nitrogen and oxygen atoms in total. The van der Waals surface area contributed by atoms with Gasteiger partial charge in [-0.15, -0.1) is 0 Å². The molecule has 1 heterocycles. The molecule has 0 saturated carbocycles. The largest absolute Gasteiger partial charge is 0.492 e. The molecule has 0 radical (unpaired) electrons. The Balaban J connectivity index is 1.39. The van der Waals surface area contributed by atoms with Crippen LogP contribution in [-0.2, 0) is 27.2 Å². The number of carbonyl (C=O) groups excluding carboxylic acids is 1. The van der Waals surface area contributed by atoms with Crippen LogP contribution in [-0.4, -0.2) is 54.1 Å². The number of aromatic nitrogens is 1. The average Bonchev–Trinajstić information content (AvgIpc) is 3.26. The molecule has 0 bridgehead atoms. The van der Waals surface area contributed by atoms with Gasteiger partial charge >= 0.3 is 17.0 Å². The van der Waals surface area contributed by atoms with E-state index < -0.39 is 24.9 Å². The van der Waals surface area contributed by atoms with Crippen molar-refractivity contribution in [3.05, 3.63) is 99.2 Å². The van der Waals surface area contributed by atoms with E-state index in [2.05, 4.69) is 9.89 Å². The quantitative estimate of drug-likeness (QED) is 0.117. The van der Waals surface area contributed by atoms with Gasteiger partial charge < -0.3 is 19.4 Å². The Kier molecular flexibility index (Phi) is 9.22. The SMILES string of the molecule is COC(=O)C(Cc1ccc(OCCn2c(=O)sc3cc(C(=NO)c4ccccc4)ccc32)cc1)OCC(F)(F)F. The number of halogens is 3. The van der Waals surface area contributed by atoms with Crippen molar-refractivity contribution in [2.45, 2.75) is 25.2 Å². The minimum absolute atomic E-state index is 0.103. The number of alkyl halides is 3. The Morgan fingerprint density at radius 3 is 2.42 bits per heavy atom. The molecule has 0 amide bonds. The van der Waals surface area contributed by atoms with Gasteiger partial charge in [0, 0.05) is 17.5 Å². The topological polar surface area (TPSA) is 99.4 Å². The third-order valence-electron chi connectivity index (χ3n) is 5.93. The molecule has 0 aliphatic heterocycles. The summed E-state index contributed by atoms with van der Waals surface area (Å²) in [6.07, 6.45) is -6.07. The first kappa shape index (κ1) is 28.8. The normalized spacial score (nSPS) is 12.8. The van der Waals surface area contributed by atoms with Gasteiger partial charge in [0.25, 0.3) is 0 Å². The highest BCUT2D eigenvalue weighted by atomic mass is 32.1. The molecule has 4 aromatic rings. The van der Waals surface area contributed by atoms with Crippen LogP contribution in [0.25, 0.3) is 10.2 Å². The summed E-state index contributed by atoms with van der Waals surface area (Å²) in [5.74, 6) is -0.416. The van der Waals surface area contributed by atoms with Crippen molar-refractivity contribution >= 4 is 33.2 Å². The van der Waals surface area contributed by atoms with E-state index in [9.17, 15) is 28.0 Å². The molecular formula is C28H25F3N2O6S. The highest BCUT2D eigenvalue weighted by molar-refractivity contribution is 7.16. The summed E-state index contributed by atoms with van der Waals surface area (Å²) in [6, 6.07) is 21.1. The number of oxime groups is 1. The van der Waals surface area contributed by atoms with Crippen LogP contribution in [0.3, 0.4) is 0 Å². The summed E-state index contributed by atoms with van der Waals surface area (Å²) in [7, 11) is 1.08. The fraction of sp³-hybridized carbons (Fsp3) is 0.250. The number of hydrogen-bond donors (Lipinski definition) is 1. The van der Waals surface area contributed by atoms with Gasteiger partial charge in [-0.25, -0.2) is 4.79 Å². The van der Waals surface area contributed by atoms with E-state index >= 15 is 0 Å². The van der Waals surface area contributed by atoms with Crippen molar-refractivity contribution in [1.82, 2.24) is 4.57 Å². The molecule has 1 N–H and O–H groups in total. The molecule has 0 aliphatic carbocycles. The molecule has 1 atom stereocenters. The second-order valence-corrected chi connectivity index (χ2v) is 9.64. The van der Waals surface area contributed by atoms with Crippen molar-refractivity contribution in [1.29, 1.82) is 0 Å². The van der Waals surface area contributed by atoms with E-state index in [1.165, 1.54) is 0 Å². The molecule has 0 aliphatic rings. The van der Waals surface area contributed by atoms with Gasteiger partial charge in [0.05, 0.1) is 23.9 Å². The first-order valence-electron chi connectivity index (χ1n) is 12.1. The number of fused-ring (bicyclic) bond motifs is 1. The number of esters is 1. The fourth-order valence-electron chi connectivity index (χ4n) is 4.03. The highest BCUT2D eigenvalue weighted by Crippen LogP contribution is 2.22. The number of rotatable bonds is 11. The maximum atomic E-state index is 12.7. The fourth-order valence-corrected chi connectivity index (χ4v) is 4.99. The first-order valence-corrected chi connectivity index (χ1v) is 12.9. The zero-order valence-electron chi connectivity index (χ0n) is 21.3. The Bertz CT molecular complexity index is 1530. The van der Waals surface area contributed by atoms with Crippen LogP contribution in [0.1, 0.15) is 16.7 Å². The molecule has 1 aromatic heterocycles. The molecule has 40 heavy (non-hydrogen) atoms. The standard InChI is InChI=1S/C28H25F3N2O6S/c1-37-26(34)23(39-17-28(29,30)31)15-18-7-10-21(11-8-18)38-14-13-33-22-12-9-20(16-24(22)40-27(33)35)25(32-36)19-5-3-2-4-6-19/h2-12,16,23,36H,13-15,17H2,1H3. The predicted molar refractivity (Wildman–Crippen MR) is 143 cm³/mol. The number of carbonyl (C=O) groups is 1. The minimum atomic E-state index is -4.57. The summed E-state index contributed by atoms with van der Waals surface area (Å²) in [6.45, 7) is -1.11. The van der Waals surface area contributed by atoms with Gasteiger partial charge in [0.15, 0.2) is 6.10 Å². The first-order chi connectivity index (χ1) is 19.2. The summed E-state index contributed by atoms with van der Waals surface area (Å²) in [5.41, 5.74) is 3.08. The number of methoxy groups -OCH3 is 1. The summed E-state index contributed by atoms with van der Waals surface area (Å²) < 4.78 is 54.9. The van der Waals surface area contributed by atoms with Crippen molar-refractivity contribution in [2.75, 3.05) is 20.3 Å². The van der Waals surface area contributed by atoms with E-state index in [-0.39, 0.29) is 24.4 Å². The third-order valence-corrected chi connectivity index (χ3v) is 6.87. The summed E-state index contributed by atoms with van der Waals surface area (Å²) in [5, 5.41) is 13.0. The van der Waals surface area contributed by atoms with Crippen LogP contribution < -0.4 is 9.61 Å². The highest BCUT2D eigenvalue weighted by Gasteiger charge is 2.32. The molecule has 3 aromatic carbocycles. The van der Waals surface area contributed by atoms with Crippen LogP contribution in [0.5, 0.6) is 5.75 Å². The van der Waals surface area contributed by atoms with E-state index in [1.807, 2.05) is 30.3 Å². The van der Waals surface area contributed by atoms with Crippen molar-refractivity contribution < 1.29 is 37.4 Å². The predicted octanol–water partition coefficient (Wildman–Crippen LogP) is 5.03. The maximum Gasteiger partial charge on any atom is 0.411 e. The van der Waals surface area contributed by atoms with Gasteiger partial charge in [-0.3, -0.25) is 9.36 Å². The lowest BCUT2D eigenvalue weighted by Crippen LogP contribution is -2.32. The van der Waals surface area contributed by atoms with Crippen LogP contribution in [0.15, 0.2) is 82.7 Å². The zero-order chi connectivity index (χ0) is 28.7. The number of benzene rings is 3. The monoisotopic (exact) mass is 574 g/mol. The Hall–Kier alpha value is -4.16. The third kappa shape index (κ3) is 7.27. The summed E-state index contributed by atoms with van der Waals surface area (Å²) >= 11 is 1.07. The molecule has 1 unspecified atom stereocenters. The number of hydrogen-bond acceptors (Lipinski definition) is 8. The lowest BCUT2D eigenvalue weighted by Gasteiger charge is -2.17. The molecule has 0 spiro atoms. The average molecular weight is 575 g/mol. The molecular weight excluding hydrogens is 549 g/mol. The van der Waals surface area contributed by atoms with E-state index in [4.69, 9.17) is 9.47 Å². The molecule has 0 fully saturated rings. The lowest BCUT2D eigenvalue weighted by molar-refractivity contribution is -0.193. The van der Waals surface area contributed by atoms with Crippen LogP contribution in [0, 0.1) is 0 Å². The smallest absolute Gasteiger partial charge is 0.411 e. The van der Waals surface area contributed by atoms with E-state index in [0.717, 1.165) is 34.2 Å². The molecule has 4 rings (SSSR count). The maximum absolute atomic E-state index is 12.7. The molecule has 12 heteroatoms. The summed E-state index contributed by atoms with van der Waals surface area (Å²) in [4.78, 5) is 24.3. The van der Waals surface area contributed by atoms with Crippen LogP contribution in [0.2, 0.25) is 0 Å². The van der Waals surface area contributed by atoms with Gasteiger partial charge in [0.1, 0.15) is 24.7 Å². The van der Waals surface area contributed by atoms with Gasteiger partial charge in [-0.2, -0.15) is 13.2 Å². The van der Waals surface area contributed by atoms with Crippen molar-refractivity contribution in [2.24, 2.45) is 5.16 Å². The Morgan fingerprint density at radius 2 is 1.77 bits per heavy atom. The second-order valence-electron chi connectivity index (χ2n) is 8.65. The van der Waals surface area contributed by atoms with Crippen molar-refractivity contribution in [3.63, 3.8) is 0 Å². The van der Waals surface area contributed by atoms with E-state index in [0.29, 0.717) is 22.6 Å². The van der Waals surface area contributed by atoms with E-state index in [1.54, 1.807) is 47.0 Å². The zero-order valence-corrected chi connectivity index (χ0v) is 22.1. The van der Waals surface area contributed by atoms with Crippen LogP contribution in [0.4, 0.5) is 13.2 Å². The molecule has 210 valence electrons. The van der Waals surface area contributed by atoms with Crippen molar-refractivity contribution in [3.8, 4) is 5.75 Å². The lowest BCUT2D eigenvalue weighted by atomic mass is 10.0. The minimum Gasteiger partial charge on any atom is -0.492 e. The second kappa shape index (κ2) is 12.8. The number of nitrogens with zero attached hydrogens (tertiary/aromatic N) is 2. The Labute approximate surface area is 230 Å². The van der Waals surface area contributed by atoms with Gasteiger partial charge in [-0.1, -0.05) is 65.0 Å². The number of ether oxygens (including phenoxy) is 3. The van der Waals surface area contributed by atoms with Gasteiger partial charge in [0.2, 0.25) is 0 Å². The van der Waals surface area contributed by atoms with Gasteiger partial charge in [-0.05, 0) is 29.8 Å². The number of thiazole rings is 1. The Morgan fingerprint density at radius 1 is 1.05 bits per heavy atom. The van der Waals surface area contributed by atoms with Crippen LogP contribution >= 0.6 is 11.3 Å².